The van der Waals surface area contributed by atoms with E-state index in [0.29, 0.717) is 30.8 Å². The van der Waals surface area contributed by atoms with Crippen molar-refractivity contribution in [1.29, 1.82) is 0 Å². The van der Waals surface area contributed by atoms with Gasteiger partial charge in [0, 0.05) is 38.3 Å². The summed E-state index contributed by atoms with van der Waals surface area (Å²) in [6, 6.07) is 1.77. The largest absolute Gasteiger partial charge is 0.450 e. The number of likely N-dealkylation sites (tertiary alicyclic amines) is 2. The summed E-state index contributed by atoms with van der Waals surface area (Å²) in [5, 5.41) is 3.22. The summed E-state index contributed by atoms with van der Waals surface area (Å²) in [4.78, 5) is 30.9. The van der Waals surface area contributed by atoms with Crippen LogP contribution in [0.5, 0.6) is 0 Å². The maximum absolute atomic E-state index is 12.5. The second-order valence-electron chi connectivity index (χ2n) is 8.17. The van der Waals surface area contributed by atoms with E-state index in [4.69, 9.17) is 4.74 Å². The molecule has 1 saturated carbocycles. The fraction of sp³-hybridized carbons (Fsp3) is 0.895. The Morgan fingerprint density at radius 2 is 1.81 bits per heavy atom. The Labute approximate surface area is 156 Å². The predicted octanol–water partition coefficient (Wildman–Crippen LogP) is 2.02. The molecule has 7 heteroatoms. The summed E-state index contributed by atoms with van der Waals surface area (Å²) in [7, 11) is 0. The van der Waals surface area contributed by atoms with Crippen molar-refractivity contribution in [3.8, 4) is 0 Å². The number of piperidine rings is 1. The van der Waals surface area contributed by atoms with Gasteiger partial charge in [0.05, 0.1) is 18.7 Å². The highest BCUT2D eigenvalue weighted by atomic mass is 16.6. The Bertz CT molecular complexity index is 535. The molecule has 7 nitrogen and oxygen atoms in total. The number of carbonyl (C=O) groups excluding carboxylic acids is 2. The van der Waals surface area contributed by atoms with Crippen LogP contribution < -0.4 is 5.32 Å². The van der Waals surface area contributed by atoms with Gasteiger partial charge in [0.15, 0.2) is 0 Å². The van der Waals surface area contributed by atoms with Crippen LogP contribution in [0.15, 0.2) is 0 Å². The van der Waals surface area contributed by atoms with Crippen LogP contribution in [0.2, 0.25) is 0 Å². The number of amides is 3. The van der Waals surface area contributed by atoms with Crippen LogP contribution in [-0.2, 0) is 4.74 Å². The number of nitrogens with one attached hydrogen (secondary N) is 1. The highest BCUT2D eigenvalue weighted by Crippen LogP contribution is 2.33. The topological polar surface area (TPSA) is 65.1 Å². The first kappa shape index (κ1) is 17.9. The number of fused-ring (bicyclic) bond motifs is 1. The number of hydrogen-bond acceptors (Lipinski definition) is 4. The number of hydrogen-bond donors (Lipinski definition) is 1. The Morgan fingerprint density at radius 3 is 2.58 bits per heavy atom. The van der Waals surface area contributed by atoms with Crippen molar-refractivity contribution < 1.29 is 14.3 Å². The highest BCUT2D eigenvalue weighted by molar-refractivity contribution is 5.78. The van der Waals surface area contributed by atoms with Crippen molar-refractivity contribution in [3.05, 3.63) is 0 Å². The minimum absolute atomic E-state index is 0.162. The summed E-state index contributed by atoms with van der Waals surface area (Å²) >= 11 is 0. The summed E-state index contributed by atoms with van der Waals surface area (Å²) in [5.74, 6) is 0. The third kappa shape index (κ3) is 3.38. The van der Waals surface area contributed by atoms with E-state index in [-0.39, 0.29) is 12.1 Å². The van der Waals surface area contributed by atoms with Crippen LogP contribution in [0.3, 0.4) is 0 Å². The summed E-state index contributed by atoms with van der Waals surface area (Å²) in [5.41, 5.74) is 0. The number of urea groups is 1. The van der Waals surface area contributed by atoms with Gasteiger partial charge in [-0.15, -0.1) is 0 Å². The molecule has 0 radical (unpaired) electrons. The molecule has 1 aliphatic carbocycles. The van der Waals surface area contributed by atoms with Crippen molar-refractivity contribution >= 4 is 12.1 Å². The molecule has 0 unspecified atom stereocenters. The first-order valence-electron chi connectivity index (χ1n) is 10.4. The normalized spacial score (nSPS) is 33.3. The van der Waals surface area contributed by atoms with Crippen LogP contribution in [-0.4, -0.2) is 83.8 Å². The fourth-order valence-corrected chi connectivity index (χ4v) is 5.38. The second kappa shape index (κ2) is 7.62. The molecule has 3 aliphatic heterocycles. The van der Waals surface area contributed by atoms with Crippen molar-refractivity contribution in [3.63, 3.8) is 0 Å². The molecule has 0 bridgehead atoms. The van der Waals surface area contributed by atoms with Gasteiger partial charge in [-0.25, -0.2) is 9.59 Å². The van der Waals surface area contributed by atoms with Crippen LogP contribution in [0.4, 0.5) is 9.59 Å². The minimum Gasteiger partial charge on any atom is -0.450 e. The average Bonchev–Trinajstić information content (AvgIpc) is 3.26. The lowest BCUT2D eigenvalue weighted by molar-refractivity contribution is 0.0796. The van der Waals surface area contributed by atoms with E-state index in [1.165, 1.54) is 12.8 Å². The lowest BCUT2D eigenvalue weighted by Gasteiger charge is -2.41. The number of carbonyl (C=O) groups is 2. The number of ether oxygens (including phenoxy) is 1. The summed E-state index contributed by atoms with van der Waals surface area (Å²) in [6.07, 6.45) is 7.72. The SMILES string of the molecule is CCOC(=O)N1CC[C@H](N2CCC(N3C(=O)N[C@@H]4CCCC[C@H]43)CC2)C1. The maximum Gasteiger partial charge on any atom is 0.409 e. The van der Waals surface area contributed by atoms with E-state index in [1.807, 2.05) is 11.8 Å². The predicted molar refractivity (Wildman–Crippen MR) is 98.0 cm³/mol. The maximum atomic E-state index is 12.5. The van der Waals surface area contributed by atoms with Crippen molar-refractivity contribution in [2.75, 3.05) is 32.8 Å². The molecule has 1 N–H and O–H groups in total. The lowest BCUT2D eigenvalue weighted by Crippen LogP contribution is -2.52. The molecule has 0 aromatic carbocycles. The van der Waals surface area contributed by atoms with Gasteiger partial charge in [-0.05, 0) is 39.0 Å². The first-order chi connectivity index (χ1) is 12.7. The van der Waals surface area contributed by atoms with E-state index < -0.39 is 0 Å². The quantitative estimate of drug-likeness (QED) is 0.832. The lowest BCUT2D eigenvalue weighted by atomic mass is 9.89. The molecule has 3 amide bonds. The summed E-state index contributed by atoms with van der Waals surface area (Å²) in [6.45, 7) is 5.90. The minimum atomic E-state index is -0.179. The average molecular weight is 364 g/mol. The standard InChI is InChI=1S/C19H32N4O3/c1-2-26-19(25)22-12-9-15(13-22)21-10-7-14(8-11-21)23-17-6-4-3-5-16(17)20-18(23)24/h14-17H,2-13H2,1H3,(H,20,24)/t15-,16+,17+/m0/s1. The number of nitrogens with zero attached hydrogens (tertiary/aromatic N) is 3. The molecule has 4 fully saturated rings. The Kier molecular flexibility index (Phi) is 5.25. The molecule has 4 rings (SSSR count). The molecule has 4 aliphatic rings. The zero-order chi connectivity index (χ0) is 18.1. The molecule has 0 aromatic heterocycles. The smallest absolute Gasteiger partial charge is 0.409 e. The first-order valence-corrected chi connectivity index (χ1v) is 10.4. The molecule has 0 aromatic rings. The zero-order valence-electron chi connectivity index (χ0n) is 15.9. The second-order valence-corrected chi connectivity index (χ2v) is 8.17. The monoisotopic (exact) mass is 364 g/mol. The molecule has 146 valence electrons. The van der Waals surface area contributed by atoms with Crippen molar-refractivity contribution in [2.24, 2.45) is 0 Å². The van der Waals surface area contributed by atoms with Gasteiger partial charge < -0.3 is 19.9 Å². The molecular formula is C19H32N4O3. The molecular weight excluding hydrogens is 332 g/mol. The van der Waals surface area contributed by atoms with Crippen molar-refractivity contribution in [1.82, 2.24) is 20.0 Å². The third-order valence-corrected chi connectivity index (χ3v) is 6.73. The molecule has 0 spiro atoms. The van der Waals surface area contributed by atoms with Gasteiger partial charge in [0.1, 0.15) is 0 Å². The van der Waals surface area contributed by atoms with E-state index in [0.717, 1.165) is 58.3 Å². The molecule has 26 heavy (non-hydrogen) atoms. The van der Waals surface area contributed by atoms with E-state index in [1.54, 1.807) is 0 Å². The van der Waals surface area contributed by atoms with Crippen LogP contribution >= 0.6 is 0 Å². The Morgan fingerprint density at radius 1 is 1.08 bits per heavy atom. The highest BCUT2D eigenvalue weighted by Gasteiger charge is 2.44. The molecule has 3 atom stereocenters. The van der Waals surface area contributed by atoms with E-state index >= 15 is 0 Å². The van der Waals surface area contributed by atoms with Crippen molar-refractivity contribution in [2.45, 2.75) is 76.0 Å². The van der Waals surface area contributed by atoms with Crippen LogP contribution in [0.1, 0.15) is 51.9 Å². The third-order valence-electron chi connectivity index (χ3n) is 6.73. The zero-order valence-corrected chi connectivity index (χ0v) is 15.9. The van der Waals surface area contributed by atoms with Gasteiger partial charge in [-0.1, -0.05) is 12.8 Å². The van der Waals surface area contributed by atoms with Gasteiger partial charge in [0.25, 0.3) is 0 Å². The summed E-state index contributed by atoms with van der Waals surface area (Å²) < 4.78 is 5.13. The Hall–Kier alpha value is -1.50. The van der Waals surface area contributed by atoms with Gasteiger partial charge in [0.2, 0.25) is 0 Å². The van der Waals surface area contributed by atoms with E-state index in [9.17, 15) is 9.59 Å². The van der Waals surface area contributed by atoms with Crippen LogP contribution in [0.25, 0.3) is 0 Å². The van der Waals surface area contributed by atoms with Gasteiger partial charge in [-0.3, -0.25) is 4.90 Å². The molecule has 3 saturated heterocycles. The van der Waals surface area contributed by atoms with E-state index in [2.05, 4.69) is 15.1 Å². The fourth-order valence-electron chi connectivity index (χ4n) is 5.38. The van der Waals surface area contributed by atoms with Gasteiger partial charge in [-0.2, -0.15) is 0 Å². The van der Waals surface area contributed by atoms with Gasteiger partial charge >= 0.3 is 12.1 Å². The number of rotatable bonds is 3. The Balaban J connectivity index is 1.29. The molecule has 3 heterocycles. The van der Waals surface area contributed by atoms with Crippen LogP contribution in [0, 0.1) is 0 Å².